The van der Waals surface area contributed by atoms with Gasteiger partial charge in [0.2, 0.25) is 0 Å². The zero-order valence-corrected chi connectivity index (χ0v) is 10.9. The Bertz CT molecular complexity index is 152. The second kappa shape index (κ2) is 6.18. The van der Waals surface area contributed by atoms with Crippen LogP contribution >= 0.6 is 22.6 Å². The molecule has 0 aliphatic carbocycles. The van der Waals surface area contributed by atoms with Crippen molar-refractivity contribution in [3.8, 4) is 0 Å². The lowest BCUT2D eigenvalue weighted by molar-refractivity contribution is -0.139. The third kappa shape index (κ3) is 9.09. The highest BCUT2D eigenvalue weighted by atomic mass is 127. The third-order valence-electron chi connectivity index (χ3n) is 2.12. The van der Waals surface area contributed by atoms with Crippen molar-refractivity contribution < 1.29 is 13.2 Å². The molecule has 4 heteroatoms. The number of hydrogen-bond donors (Lipinski definition) is 0. The van der Waals surface area contributed by atoms with Gasteiger partial charge in [-0.1, -0.05) is 62.1 Å². The molecule has 0 saturated carbocycles. The van der Waals surface area contributed by atoms with E-state index in [1.54, 1.807) is 6.92 Å². The van der Waals surface area contributed by atoms with Gasteiger partial charge in [-0.2, -0.15) is 13.2 Å². The number of alkyl halides is 4. The summed E-state index contributed by atoms with van der Waals surface area (Å²) >= 11 is 1.93. The maximum atomic E-state index is 12.1. The standard InChI is InChI=1S/C10H18F3I/c1-3-4-5-6-7-9(2,14)8-10(11,12)13/h3-8H2,1-2H3. The molecule has 0 aromatic heterocycles. The van der Waals surface area contributed by atoms with Crippen molar-refractivity contribution in [3.63, 3.8) is 0 Å². The van der Waals surface area contributed by atoms with Crippen molar-refractivity contribution in [3.05, 3.63) is 0 Å². The van der Waals surface area contributed by atoms with Crippen LogP contribution in [0.5, 0.6) is 0 Å². The van der Waals surface area contributed by atoms with Crippen molar-refractivity contribution >= 4 is 22.6 Å². The maximum Gasteiger partial charge on any atom is 0.390 e. The molecule has 0 fully saturated rings. The lowest BCUT2D eigenvalue weighted by Gasteiger charge is -2.23. The average Bonchev–Trinajstić information content (AvgIpc) is 1.93. The largest absolute Gasteiger partial charge is 0.390 e. The average molecular weight is 322 g/mol. The van der Waals surface area contributed by atoms with Gasteiger partial charge in [0.25, 0.3) is 0 Å². The van der Waals surface area contributed by atoms with E-state index in [1.807, 2.05) is 22.6 Å². The van der Waals surface area contributed by atoms with Crippen molar-refractivity contribution in [2.45, 2.75) is 62.0 Å². The van der Waals surface area contributed by atoms with E-state index in [9.17, 15) is 13.2 Å². The smallest absolute Gasteiger partial charge is 0.171 e. The monoisotopic (exact) mass is 322 g/mol. The lowest BCUT2D eigenvalue weighted by atomic mass is 9.99. The van der Waals surface area contributed by atoms with Crippen LogP contribution in [0.4, 0.5) is 13.2 Å². The zero-order valence-electron chi connectivity index (χ0n) is 8.75. The summed E-state index contributed by atoms with van der Waals surface area (Å²) in [7, 11) is 0. The Morgan fingerprint density at radius 1 is 1.07 bits per heavy atom. The molecule has 0 aliphatic heterocycles. The van der Waals surface area contributed by atoms with E-state index in [1.165, 1.54) is 0 Å². The Labute approximate surface area is 97.8 Å². The summed E-state index contributed by atoms with van der Waals surface area (Å²) in [6, 6.07) is 0. The molecule has 0 amide bonds. The van der Waals surface area contributed by atoms with E-state index in [0.29, 0.717) is 6.42 Å². The highest BCUT2D eigenvalue weighted by Crippen LogP contribution is 2.37. The fourth-order valence-corrected chi connectivity index (χ4v) is 2.24. The Kier molecular flexibility index (Phi) is 6.41. The minimum atomic E-state index is -4.03. The van der Waals surface area contributed by atoms with Gasteiger partial charge in [-0.05, 0) is 6.42 Å². The van der Waals surface area contributed by atoms with Gasteiger partial charge >= 0.3 is 6.18 Å². The van der Waals surface area contributed by atoms with Crippen LogP contribution in [-0.4, -0.2) is 9.60 Å². The van der Waals surface area contributed by atoms with E-state index >= 15 is 0 Å². The molecule has 0 rings (SSSR count). The van der Waals surface area contributed by atoms with Gasteiger partial charge in [-0.3, -0.25) is 0 Å². The SMILES string of the molecule is CCCCCCC(C)(I)CC(F)(F)F. The molecule has 86 valence electrons. The number of unbranched alkanes of at least 4 members (excludes halogenated alkanes) is 3. The predicted molar refractivity (Wildman–Crippen MR) is 61.9 cm³/mol. The second-order valence-electron chi connectivity index (χ2n) is 4.02. The van der Waals surface area contributed by atoms with E-state index in [2.05, 4.69) is 6.92 Å². The molecule has 0 saturated heterocycles. The molecular weight excluding hydrogens is 304 g/mol. The second-order valence-corrected chi connectivity index (χ2v) is 6.62. The van der Waals surface area contributed by atoms with Crippen LogP contribution < -0.4 is 0 Å². The first-order valence-electron chi connectivity index (χ1n) is 5.02. The molecule has 0 N–H and O–H groups in total. The zero-order chi connectivity index (χ0) is 11.2. The molecule has 0 aromatic carbocycles. The van der Waals surface area contributed by atoms with E-state index in [4.69, 9.17) is 0 Å². The quantitative estimate of drug-likeness (QED) is 0.362. The van der Waals surface area contributed by atoms with Crippen LogP contribution in [0.1, 0.15) is 52.4 Å². The highest BCUT2D eigenvalue weighted by molar-refractivity contribution is 14.1. The molecule has 1 unspecified atom stereocenters. The molecule has 0 spiro atoms. The van der Waals surface area contributed by atoms with Gasteiger partial charge in [-0.15, -0.1) is 0 Å². The Balaban J connectivity index is 3.72. The van der Waals surface area contributed by atoms with Crippen LogP contribution in [-0.2, 0) is 0 Å². The molecule has 0 aromatic rings. The topological polar surface area (TPSA) is 0 Å². The van der Waals surface area contributed by atoms with Crippen molar-refractivity contribution in [2.24, 2.45) is 0 Å². The Hall–Kier alpha value is 0.520. The van der Waals surface area contributed by atoms with Crippen LogP contribution in [0.3, 0.4) is 0 Å². The Morgan fingerprint density at radius 2 is 1.64 bits per heavy atom. The summed E-state index contributed by atoms with van der Waals surface area (Å²) in [5.41, 5.74) is 0. The van der Waals surface area contributed by atoms with Gasteiger partial charge in [0.1, 0.15) is 0 Å². The van der Waals surface area contributed by atoms with Crippen molar-refractivity contribution in [1.29, 1.82) is 0 Å². The van der Waals surface area contributed by atoms with Crippen molar-refractivity contribution in [2.75, 3.05) is 0 Å². The van der Waals surface area contributed by atoms with Gasteiger partial charge < -0.3 is 0 Å². The summed E-state index contributed by atoms with van der Waals surface area (Å²) in [6.45, 7) is 3.78. The summed E-state index contributed by atoms with van der Waals surface area (Å²) in [5.74, 6) is 0. The molecule has 14 heavy (non-hydrogen) atoms. The molecule has 0 aliphatic rings. The van der Waals surface area contributed by atoms with Crippen LogP contribution in [0.25, 0.3) is 0 Å². The van der Waals surface area contributed by atoms with E-state index in [0.717, 1.165) is 25.7 Å². The Morgan fingerprint density at radius 3 is 2.07 bits per heavy atom. The first-order valence-corrected chi connectivity index (χ1v) is 6.10. The highest BCUT2D eigenvalue weighted by Gasteiger charge is 2.37. The van der Waals surface area contributed by atoms with Crippen molar-refractivity contribution in [1.82, 2.24) is 0 Å². The summed E-state index contributed by atoms with van der Waals surface area (Å²) in [6.07, 6.45) is 0.159. The third-order valence-corrected chi connectivity index (χ3v) is 3.04. The van der Waals surface area contributed by atoms with Crippen LogP contribution in [0.2, 0.25) is 0 Å². The molecular formula is C10H18F3I. The van der Waals surface area contributed by atoms with E-state index in [-0.39, 0.29) is 0 Å². The molecule has 0 heterocycles. The lowest BCUT2D eigenvalue weighted by Crippen LogP contribution is -2.25. The summed E-state index contributed by atoms with van der Waals surface area (Å²) < 4.78 is 35.7. The van der Waals surface area contributed by atoms with Gasteiger partial charge in [0, 0.05) is 3.42 Å². The fraction of sp³-hybridized carbons (Fsp3) is 1.00. The van der Waals surface area contributed by atoms with Crippen LogP contribution in [0, 0.1) is 0 Å². The molecule has 0 radical (unpaired) electrons. The summed E-state index contributed by atoms with van der Waals surface area (Å²) in [5, 5.41) is 0. The summed E-state index contributed by atoms with van der Waals surface area (Å²) in [4.78, 5) is 0. The predicted octanol–water partition coefficient (Wildman–Crippen LogP) is 5.10. The number of rotatable bonds is 6. The van der Waals surface area contributed by atoms with Gasteiger partial charge in [-0.25, -0.2) is 0 Å². The number of halogens is 4. The first kappa shape index (κ1) is 14.5. The molecule has 1 atom stereocenters. The normalized spacial score (nSPS) is 16.7. The fourth-order valence-electron chi connectivity index (χ4n) is 1.43. The van der Waals surface area contributed by atoms with Gasteiger partial charge in [0.15, 0.2) is 0 Å². The molecule has 0 bridgehead atoms. The number of hydrogen-bond acceptors (Lipinski definition) is 0. The molecule has 0 nitrogen and oxygen atoms in total. The minimum absolute atomic E-state index is 0.621. The first-order chi connectivity index (χ1) is 6.27. The maximum absolute atomic E-state index is 12.1. The minimum Gasteiger partial charge on any atom is -0.171 e. The van der Waals surface area contributed by atoms with Crippen LogP contribution in [0.15, 0.2) is 0 Å². The van der Waals surface area contributed by atoms with E-state index < -0.39 is 16.0 Å². The van der Waals surface area contributed by atoms with Gasteiger partial charge in [0.05, 0.1) is 6.42 Å².